The third-order valence-corrected chi connectivity index (χ3v) is 4.04. The van der Waals surface area contributed by atoms with E-state index in [4.69, 9.17) is 5.11 Å². The number of rotatable bonds is 5. The molecule has 1 rings (SSSR count). The molecule has 0 unspecified atom stereocenters. The fourth-order valence-electron chi connectivity index (χ4n) is 1.41. The van der Waals surface area contributed by atoms with Crippen LogP contribution in [0.5, 0.6) is 0 Å². The lowest BCUT2D eigenvalue weighted by atomic mass is 10.2. The van der Waals surface area contributed by atoms with Crippen molar-refractivity contribution in [3.8, 4) is 0 Å². The van der Waals surface area contributed by atoms with Crippen molar-refractivity contribution in [2.75, 3.05) is 6.61 Å². The second-order valence-electron chi connectivity index (χ2n) is 3.91. The van der Waals surface area contributed by atoms with Gasteiger partial charge in [-0.1, -0.05) is 0 Å². The van der Waals surface area contributed by atoms with Crippen LogP contribution in [0.3, 0.4) is 0 Å². The largest absolute Gasteiger partial charge is 0.395 e. The fraction of sp³-hybridized carbons (Fsp3) is 0.400. The second-order valence-corrected chi connectivity index (χ2v) is 5.59. The summed E-state index contributed by atoms with van der Waals surface area (Å²) in [6.45, 7) is 2.66. The Hall–Kier alpha value is -1.51. The van der Waals surface area contributed by atoms with Crippen molar-refractivity contribution in [2.45, 2.75) is 24.8 Å². The minimum atomic E-state index is -3.78. The van der Waals surface area contributed by atoms with Gasteiger partial charge in [-0.2, -0.15) is 0 Å². The van der Waals surface area contributed by atoms with Crippen molar-refractivity contribution in [2.24, 2.45) is 0 Å². The predicted octanol–water partition coefficient (Wildman–Crippen LogP) is 0.562. The number of sulfonamides is 1. The van der Waals surface area contributed by atoms with Gasteiger partial charge in [-0.05, 0) is 25.5 Å². The Balaban J connectivity index is 3.14. The van der Waals surface area contributed by atoms with E-state index in [2.05, 4.69) is 4.72 Å². The van der Waals surface area contributed by atoms with E-state index >= 15 is 0 Å². The van der Waals surface area contributed by atoms with Crippen LogP contribution in [0.25, 0.3) is 0 Å². The summed E-state index contributed by atoms with van der Waals surface area (Å²) in [5, 5.41) is 19.4. The molecule has 0 fully saturated rings. The molecule has 0 amide bonds. The normalized spacial score (nSPS) is 13.3. The molecule has 8 heteroatoms. The molecule has 0 aliphatic carbocycles. The number of nitro groups is 1. The predicted molar refractivity (Wildman–Crippen MR) is 64.7 cm³/mol. The van der Waals surface area contributed by atoms with Gasteiger partial charge in [0.2, 0.25) is 10.0 Å². The monoisotopic (exact) mass is 274 g/mol. The van der Waals surface area contributed by atoms with E-state index in [9.17, 15) is 18.5 Å². The van der Waals surface area contributed by atoms with Gasteiger partial charge in [-0.25, -0.2) is 13.1 Å². The first kappa shape index (κ1) is 14.6. The van der Waals surface area contributed by atoms with Crippen LogP contribution in [0.1, 0.15) is 12.5 Å². The van der Waals surface area contributed by atoms with Gasteiger partial charge in [-0.3, -0.25) is 10.1 Å². The van der Waals surface area contributed by atoms with Crippen molar-refractivity contribution in [1.82, 2.24) is 4.72 Å². The first-order valence-electron chi connectivity index (χ1n) is 5.16. The van der Waals surface area contributed by atoms with Crippen molar-refractivity contribution in [1.29, 1.82) is 0 Å². The van der Waals surface area contributed by atoms with Gasteiger partial charge in [0.1, 0.15) is 0 Å². The summed E-state index contributed by atoms with van der Waals surface area (Å²) in [5.74, 6) is 0. The van der Waals surface area contributed by atoms with Gasteiger partial charge in [0, 0.05) is 18.2 Å². The topological polar surface area (TPSA) is 110 Å². The average molecular weight is 274 g/mol. The number of aliphatic hydroxyl groups is 1. The lowest BCUT2D eigenvalue weighted by molar-refractivity contribution is -0.385. The number of nitrogens with one attached hydrogen (secondary N) is 1. The third-order valence-electron chi connectivity index (χ3n) is 2.29. The Kier molecular flexibility index (Phi) is 4.38. The van der Waals surface area contributed by atoms with E-state index in [1.54, 1.807) is 0 Å². The van der Waals surface area contributed by atoms with Gasteiger partial charge in [0.25, 0.3) is 5.69 Å². The molecule has 0 aliphatic rings. The standard InChI is InChI=1S/C10H14N2O5S/c1-7-5-9(12(14)15)3-4-10(7)18(16,17)11-8(2)6-13/h3-5,8,11,13H,6H2,1-2H3/t8-/m0/s1. The highest BCUT2D eigenvalue weighted by atomic mass is 32.2. The zero-order valence-electron chi connectivity index (χ0n) is 9.95. The van der Waals surface area contributed by atoms with Crippen LogP contribution in [0.15, 0.2) is 23.1 Å². The SMILES string of the molecule is Cc1cc([N+](=O)[O-])ccc1S(=O)(=O)N[C@@H](C)CO. The van der Waals surface area contributed by atoms with E-state index in [1.807, 2.05) is 0 Å². The molecule has 18 heavy (non-hydrogen) atoms. The minimum Gasteiger partial charge on any atom is -0.395 e. The van der Waals surface area contributed by atoms with Gasteiger partial charge in [0.15, 0.2) is 0 Å². The number of nitrogens with zero attached hydrogens (tertiary/aromatic N) is 1. The van der Waals surface area contributed by atoms with Crippen molar-refractivity contribution in [3.63, 3.8) is 0 Å². The van der Waals surface area contributed by atoms with Crippen molar-refractivity contribution >= 4 is 15.7 Å². The second kappa shape index (κ2) is 5.42. The lowest BCUT2D eigenvalue weighted by Gasteiger charge is -2.12. The van der Waals surface area contributed by atoms with E-state index in [-0.39, 0.29) is 22.8 Å². The molecule has 1 aromatic rings. The number of aryl methyl sites for hydroxylation is 1. The van der Waals surface area contributed by atoms with Gasteiger partial charge >= 0.3 is 0 Å². The summed E-state index contributed by atoms with van der Waals surface area (Å²) in [4.78, 5) is 9.92. The maximum absolute atomic E-state index is 11.9. The van der Waals surface area contributed by atoms with Crippen molar-refractivity contribution < 1.29 is 18.4 Å². The third kappa shape index (κ3) is 3.25. The highest BCUT2D eigenvalue weighted by Crippen LogP contribution is 2.21. The molecule has 1 atom stereocenters. The molecule has 0 aromatic heterocycles. The molecule has 0 saturated carbocycles. The van der Waals surface area contributed by atoms with E-state index < -0.39 is 21.0 Å². The van der Waals surface area contributed by atoms with Crippen LogP contribution >= 0.6 is 0 Å². The van der Waals surface area contributed by atoms with Gasteiger partial charge in [0.05, 0.1) is 16.4 Å². The summed E-state index contributed by atoms with van der Waals surface area (Å²) in [5.41, 5.74) is 0.114. The molecule has 100 valence electrons. The molecule has 2 N–H and O–H groups in total. The van der Waals surface area contributed by atoms with Crippen LogP contribution in [0, 0.1) is 17.0 Å². The number of benzene rings is 1. The molecule has 1 aromatic carbocycles. The van der Waals surface area contributed by atoms with Crippen LogP contribution < -0.4 is 4.72 Å². The number of non-ortho nitro benzene ring substituents is 1. The van der Waals surface area contributed by atoms with Crippen LogP contribution in [0.4, 0.5) is 5.69 Å². The van der Waals surface area contributed by atoms with Crippen molar-refractivity contribution in [3.05, 3.63) is 33.9 Å². The summed E-state index contributed by atoms with van der Waals surface area (Å²) < 4.78 is 26.1. The quantitative estimate of drug-likeness (QED) is 0.602. The highest BCUT2D eigenvalue weighted by Gasteiger charge is 2.20. The lowest BCUT2D eigenvalue weighted by Crippen LogP contribution is -2.35. The molecule has 0 spiro atoms. The molecular formula is C10H14N2O5S. The van der Waals surface area contributed by atoms with E-state index in [1.165, 1.54) is 26.0 Å². The number of hydrogen-bond acceptors (Lipinski definition) is 5. The van der Waals surface area contributed by atoms with Gasteiger partial charge < -0.3 is 5.11 Å². The fourth-order valence-corrected chi connectivity index (χ4v) is 2.88. The molecule has 0 bridgehead atoms. The Labute approximate surface area is 105 Å². The molecule has 0 saturated heterocycles. The zero-order valence-corrected chi connectivity index (χ0v) is 10.8. The maximum Gasteiger partial charge on any atom is 0.269 e. The molecule has 0 radical (unpaired) electrons. The molecular weight excluding hydrogens is 260 g/mol. The maximum atomic E-state index is 11.9. The number of aliphatic hydroxyl groups excluding tert-OH is 1. The van der Waals surface area contributed by atoms with Crippen LogP contribution in [-0.2, 0) is 10.0 Å². The van der Waals surface area contributed by atoms with E-state index in [0.717, 1.165) is 6.07 Å². The van der Waals surface area contributed by atoms with E-state index in [0.29, 0.717) is 0 Å². The first-order chi connectivity index (χ1) is 8.27. The summed E-state index contributed by atoms with van der Waals surface area (Å²) in [6.07, 6.45) is 0. The summed E-state index contributed by atoms with van der Waals surface area (Å²) in [7, 11) is -3.78. The summed E-state index contributed by atoms with van der Waals surface area (Å²) in [6, 6.07) is 2.88. The highest BCUT2D eigenvalue weighted by molar-refractivity contribution is 7.89. The zero-order chi connectivity index (χ0) is 13.9. The number of nitro benzene ring substituents is 1. The minimum absolute atomic E-state index is 0.0339. The smallest absolute Gasteiger partial charge is 0.269 e. The Morgan fingerprint density at radius 3 is 2.56 bits per heavy atom. The Morgan fingerprint density at radius 2 is 2.11 bits per heavy atom. The van der Waals surface area contributed by atoms with Crippen LogP contribution in [-0.4, -0.2) is 31.1 Å². The molecule has 0 heterocycles. The Morgan fingerprint density at radius 1 is 1.50 bits per heavy atom. The first-order valence-corrected chi connectivity index (χ1v) is 6.64. The molecule has 7 nitrogen and oxygen atoms in total. The molecule has 0 aliphatic heterocycles. The summed E-state index contributed by atoms with van der Waals surface area (Å²) >= 11 is 0. The van der Waals surface area contributed by atoms with Crippen LogP contribution in [0.2, 0.25) is 0 Å². The van der Waals surface area contributed by atoms with Gasteiger partial charge in [-0.15, -0.1) is 0 Å². The average Bonchev–Trinajstić information content (AvgIpc) is 2.27. The Bertz CT molecular complexity index is 555. The number of hydrogen-bond donors (Lipinski definition) is 2.